The van der Waals surface area contributed by atoms with E-state index >= 15 is 0 Å². The maximum absolute atomic E-state index is 12.2. The molecule has 3 N–H and O–H groups in total. The molecule has 154 valence electrons. The number of nitrogens with two attached hydrogens (primary N) is 1. The van der Waals surface area contributed by atoms with Crippen LogP contribution in [0, 0.1) is 11.8 Å². The van der Waals surface area contributed by atoms with E-state index in [1.54, 1.807) is 6.07 Å². The number of benzene rings is 2. The van der Waals surface area contributed by atoms with Crippen molar-refractivity contribution in [3.63, 3.8) is 0 Å². The monoisotopic (exact) mass is 392 g/mol. The molecule has 0 aromatic heterocycles. The molecular weight excluding hydrogens is 360 g/mol. The Bertz CT molecular complexity index is 853. The fourth-order valence-electron chi connectivity index (χ4n) is 5.86. The first-order valence-corrected chi connectivity index (χ1v) is 10.9. The summed E-state index contributed by atoms with van der Waals surface area (Å²) in [7, 11) is 0. The van der Waals surface area contributed by atoms with Crippen LogP contribution in [0.25, 0.3) is 0 Å². The van der Waals surface area contributed by atoms with Crippen LogP contribution >= 0.6 is 0 Å². The van der Waals surface area contributed by atoms with Crippen LogP contribution in [0.4, 0.5) is 0 Å². The molecule has 1 aliphatic carbocycles. The molecule has 2 fully saturated rings. The Morgan fingerprint density at radius 2 is 2.00 bits per heavy atom. The second-order valence-electron chi connectivity index (χ2n) is 8.99. The number of piperidine rings is 1. The number of rotatable bonds is 6. The van der Waals surface area contributed by atoms with Gasteiger partial charge in [-0.05, 0) is 61.4 Å². The van der Waals surface area contributed by atoms with Gasteiger partial charge in [-0.1, -0.05) is 55.8 Å². The Morgan fingerprint density at radius 3 is 2.72 bits per heavy atom. The molecular formula is C25H32N2O2. The minimum atomic E-state index is -0.206. The molecule has 0 spiro atoms. The number of phenolic OH excluding ortho intramolecular Hbond substituents is 1. The van der Waals surface area contributed by atoms with Gasteiger partial charge in [-0.25, -0.2) is 0 Å². The van der Waals surface area contributed by atoms with Crippen molar-refractivity contribution < 1.29 is 9.90 Å². The minimum absolute atomic E-state index is 0.125. The highest BCUT2D eigenvalue weighted by molar-refractivity contribution is 5.77. The van der Waals surface area contributed by atoms with Gasteiger partial charge in [-0.3, -0.25) is 9.69 Å². The number of phenols is 1. The zero-order valence-electron chi connectivity index (χ0n) is 17.3. The number of primary amides is 1. The maximum Gasteiger partial charge on any atom is 0.222 e. The summed E-state index contributed by atoms with van der Waals surface area (Å²) < 4.78 is 0. The normalized spacial score (nSPS) is 28.0. The second-order valence-corrected chi connectivity index (χ2v) is 8.99. The fourth-order valence-corrected chi connectivity index (χ4v) is 5.86. The highest BCUT2D eigenvalue weighted by Gasteiger charge is 2.49. The van der Waals surface area contributed by atoms with Gasteiger partial charge in [0.25, 0.3) is 0 Å². The number of carbonyl (C=O) groups is 1. The summed E-state index contributed by atoms with van der Waals surface area (Å²) in [6, 6.07) is 18.5. The fraction of sp³-hybridized carbons (Fsp3) is 0.480. The van der Waals surface area contributed by atoms with E-state index in [4.69, 9.17) is 5.73 Å². The number of amides is 1. The number of aromatic hydroxyl groups is 1. The number of carbonyl (C=O) groups excluding carboxylic acids is 1. The third-order valence-corrected chi connectivity index (χ3v) is 7.49. The summed E-state index contributed by atoms with van der Waals surface area (Å²) >= 11 is 0. The van der Waals surface area contributed by atoms with Crippen LogP contribution in [0.3, 0.4) is 0 Å². The first-order chi connectivity index (χ1) is 14.0. The average Bonchev–Trinajstić information content (AvgIpc) is 2.70. The number of likely N-dealkylation sites (tertiary alicyclic amines) is 1. The van der Waals surface area contributed by atoms with Crippen molar-refractivity contribution in [1.82, 2.24) is 4.90 Å². The molecule has 1 amide bonds. The Hall–Kier alpha value is -2.33. The van der Waals surface area contributed by atoms with Gasteiger partial charge in [-0.2, -0.15) is 0 Å². The highest BCUT2D eigenvalue weighted by atomic mass is 16.3. The molecule has 4 atom stereocenters. The molecule has 1 saturated heterocycles. The zero-order chi connectivity index (χ0) is 20.4. The van der Waals surface area contributed by atoms with E-state index in [-0.39, 0.29) is 17.2 Å². The molecule has 4 rings (SSSR count). The molecule has 2 bridgehead atoms. The van der Waals surface area contributed by atoms with Crippen LogP contribution in [0.2, 0.25) is 0 Å². The number of fused-ring (bicyclic) bond motifs is 2. The van der Waals surface area contributed by atoms with Crippen molar-refractivity contribution in [3.8, 4) is 5.75 Å². The van der Waals surface area contributed by atoms with Crippen LogP contribution in [-0.4, -0.2) is 35.0 Å². The molecule has 4 heteroatoms. The molecule has 2 aliphatic rings. The van der Waals surface area contributed by atoms with Crippen molar-refractivity contribution in [1.29, 1.82) is 0 Å². The molecule has 2 aromatic carbocycles. The largest absolute Gasteiger partial charge is 0.508 e. The summed E-state index contributed by atoms with van der Waals surface area (Å²) in [4.78, 5) is 14.7. The third kappa shape index (κ3) is 3.91. The van der Waals surface area contributed by atoms with Gasteiger partial charge < -0.3 is 10.8 Å². The SMILES string of the molecule is CC1C2CCCC1(c1cccc(O)c1)CCN2CC(Cc1ccccc1)C(N)=O. The summed E-state index contributed by atoms with van der Waals surface area (Å²) in [6.07, 6.45) is 5.28. The van der Waals surface area contributed by atoms with Gasteiger partial charge in [0, 0.05) is 18.0 Å². The van der Waals surface area contributed by atoms with E-state index in [9.17, 15) is 9.90 Å². The molecule has 4 nitrogen and oxygen atoms in total. The van der Waals surface area contributed by atoms with Crippen molar-refractivity contribution in [2.75, 3.05) is 13.1 Å². The van der Waals surface area contributed by atoms with Gasteiger partial charge in [0.05, 0.1) is 5.92 Å². The summed E-state index contributed by atoms with van der Waals surface area (Å²) in [5.41, 5.74) is 8.36. The molecule has 0 radical (unpaired) electrons. The Morgan fingerprint density at radius 1 is 1.21 bits per heavy atom. The van der Waals surface area contributed by atoms with Gasteiger partial charge in [0.1, 0.15) is 5.75 Å². The topological polar surface area (TPSA) is 66.6 Å². The molecule has 1 aliphatic heterocycles. The van der Waals surface area contributed by atoms with E-state index in [0.717, 1.165) is 19.5 Å². The van der Waals surface area contributed by atoms with E-state index in [0.29, 0.717) is 24.1 Å². The minimum Gasteiger partial charge on any atom is -0.508 e. The average molecular weight is 393 g/mol. The summed E-state index contributed by atoms with van der Waals surface area (Å²) in [5, 5.41) is 10.0. The third-order valence-electron chi connectivity index (χ3n) is 7.49. The van der Waals surface area contributed by atoms with Gasteiger partial charge in [-0.15, -0.1) is 0 Å². The standard InChI is InChI=1S/C25H32N2O2/c1-18-23-11-6-12-25(18,21-9-5-10-22(28)16-21)13-14-27(23)17-20(24(26)29)15-19-7-3-2-4-8-19/h2-5,7-10,16,18,20,23,28H,6,11-15,17H2,1H3,(H2,26,29). The van der Waals surface area contributed by atoms with Crippen molar-refractivity contribution in [2.24, 2.45) is 17.6 Å². The number of hydrogen-bond acceptors (Lipinski definition) is 3. The molecule has 1 saturated carbocycles. The van der Waals surface area contributed by atoms with Gasteiger partial charge in [0.2, 0.25) is 5.91 Å². The predicted molar refractivity (Wildman–Crippen MR) is 116 cm³/mol. The Kier molecular flexibility index (Phi) is 5.64. The highest BCUT2D eigenvalue weighted by Crippen LogP contribution is 2.51. The van der Waals surface area contributed by atoms with Crippen molar-refractivity contribution in [3.05, 3.63) is 65.7 Å². The molecule has 29 heavy (non-hydrogen) atoms. The number of nitrogens with zero attached hydrogens (tertiary/aromatic N) is 1. The van der Waals surface area contributed by atoms with Crippen LogP contribution in [0.1, 0.15) is 43.7 Å². The quantitative estimate of drug-likeness (QED) is 0.784. The number of hydrogen-bond donors (Lipinski definition) is 2. The lowest BCUT2D eigenvalue weighted by Gasteiger charge is -2.56. The van der Waals surface area contributed by atoms with Crippen LogP contribution in [-0.2, 0) is 16.6 Å². The zero-order valence-corrected chi connectivity index (χ0v) is 17.3. The summed E-state index contributed by atoms with van der Waals surface area (Å²) in [5.74, 6) is 0.462. The molecule has 2 aromatic rings. The lowest BCUT2D eigenvalue weighted by Crippen LogP contribution is -2.59. The van der Waals surface area contributed by atoms with E-state index < -0.39 is 0 Å². The maximum atomic E-state index is 12.2. The lowest BCUT2D eigenvalue weighted by molar-refractivity contribution is -0.123. The van der Waals surface area contributed by atoms with Gasteiger partial charge in [0.15, 0.2) is 0 Å². The first kappa shape index (κ1) is 20.0. The predicted octanol–water partition coefficient (Wildman–Crippen LogP) is 3.87. The smallest absolute Gasteiger partial charge is 0.222 e. The van der Waals surface area contributed by atoms with E-state index in [1.165, 1.54) is 30.4 Å². The Labute approximate surface area is 173 Å². The second kappa shape index (κ2) is 8.19. The Balaban J connectivity index is 1.53. The van der Waals surface area contributed by atoms with Crippen LogP contribution in [0.5, 0.6) is 5.75 Å². The van der Waals surface area contributed by atoms with E-state index in [1.807, 2.05) is 30.3 Å². The van der Waals surface area contributed by atoms with Crippen LogP contribution in [0.15, 0.2) is 54.6 Å². The lowest BCUT2D eigenvalue weighted by atomic mass is 9.57. The molecule has 1 heterocycles. The first-order valence-electron chi connectivity index (χ1n) is 10.9. The van der Waals surface area contributed by atoms with Crippen LogP contribution < -0.4 is 5.73 Å². The van der Waals surface area contributed by atoms with Crippen molar-refractivity contribution >= 4 is 5.91 Å². The van der Waals surface area contributed by atoms with Crippen molar-refractivity contribution in [2.45, 2.75) is 50.5 Å². The van der Waals surface area contributed by atoms with E-state index in [2.05, 4.69) is 30.0 Å². The molecule has 4 unspecified atom stereocenters. The van der Waals surface area contributed by atoms with Gasteiger partial charge >= 0.3 is 0 Å². The summed E-state index contributed by atoms with van der Waals surface area (Å²) in [6.45, 7) is 4.06.